The molecule has 0 aromatic rings. The number of nitrogens with one attached hydrogen (secondary N) is 1. The van der Waals surface area contributed by atoms with Crippen LogP contribution in [0.5, 0.6) is 0 Å². The summed E-state index contributed by atoms with van der Waals surface area (Å²) in [7, 11) is 3.71. The van der Waals surface area contributed by atoms with Gasteiger partial charge in [0.05, 0.1) is 0 Å². The van der Waals surface area contributed by atoms with Crippen LogP contribution in [-0.2, 0) is 0 Å². The third-order valence-electron chi connectivity index (χ3n) is 1.34. The summed E-state index contributed by atoms with van der Waals surface area (Å²) in [6.07, 6.45) is 5.50. The maximum atomic E-state index is 3.22. The van der Waals surface area contributed by atoms with Gasteiger partial charge in [0.2, 0.25) is 0 Å². The van der Waals surface area contributed by atoms with E-state index in [1.165, 1.54) is 31.4 Å². The molecule has 0 atom stereocenters. The monoisotopic (exact) mass is 193 g/mol. The zero-order valence-corrected chi connectivity index (χ0v) is 9.19. The standard InChI is InChI=1S/C8H19NS2/c1-3-5-6-7-8-10-11-9-4-2/h9H,3-8H2,1-2H3. The Hall–Kier alpha value is 0.660. The second-order valence-electron chi connectivity index (χ2n) is 2.46. The van der Waals surface area contributed by atoms with Crippen molar-refractivity contribution in [3.05, 3.63) is 0 Å². The molecule has 0 radical (unpaired) electrons. The maximum absolute atomic E-state index is 3.22. The SMILES string of the molecule is CCCCCCSSNCC. The van der Waals surface area contributed by atoms with Gasteiger partial charge in [0.15, 0.2) is 0 Å². The van der Waals surface area contributed by atoms with Crippen molar-refractivity contribution in [2.45, 2.75) is 39.5 Å². The van der Waals surface area contributed by atoms with E-state index in [0.717, 1.165) is 6.54 Å². The van der Waals surface area contributed by atoms with Crippen molar-refractivity contribution < 1.29 is 0 Å². The summed E-state index contributed by atoms with van der Waals surface area (Å²) in [6, 6.07) is 0. The Bertz CT molecular complexity index is 61.1. The van der Waals surface area contributed by atoms with Crippen molar-refractivity contribution in [2.75, 3.05) is 12.3 Å². The largest absolute Gasteiger partial charge is 0.255 e. The van der Waals surface area contributed by atoms with E-state index in [-0.39, 0.29) is 0 Å². The molecule has 0 aliphatic carbocycles. The first-order valence-corrected chi connectivity index (χ1v) is 6.75. The van der Waals surface area contributed by atoms with E-state index in [9.17, 15) is 0 Å². The molecule has 0 aliphatic heterocycles. The molecule has 0 aliphatic rings. The Morgan fingerprint density at radius 2 is 1.91 bits per heavy atom. The second kappa shape index (κ2) is 10.7. The molecule has 0 saturated heterocycles. The van der Waals surface area contributed by atoms with E-state index in [1.54, 1.807) is 11.0 Å². The summed E-state index contributed by atoms with van der Waals surface area (Å²) in [5, 5.41) is 0. The first-order chi connectivity index (χ1) is 5.41. The molecule has 0 aromatic heterocycles. The van der Waals surface area contributed by atoms with Crippen LogP contribution in [0.15, 0.2) is 0 Å². The van der Waals surface area contributed by atoms with E-state index in [1.807, 2.05) is 10.8 Å². The van der Waals surface area contributed by atoms with Crippen molar-refractivity contribution >= 4 is 21.8 Å². The molecule has 0 spiro atoms. The Morgan fingerprint density at radius 3 is 2.55 bits per heavy atom. The lowest BCUT2D eigenvalue weighted by Gasteiger charge is -1.99. The van der Waals surface area contributed by atoms with Crippen LogP contribution in [0.2, 0.25) is 0 Å². The van der Waals surface area contributed by atoms with E-state index < -0.39 is 0 Å². The molecule has 0 saturated carbocycles. The van der Waals surface area contributed by atoms with Crippen molar-refractivity contribution in [2.24, 2.45) is 0 Å². The van der Waals surface area contributed by atoms with Gasteiger partial charge in [0.25, 0.3) is 0 Å². The van der Waals surface area contributed by atoms with Crippen LogP contribution in [0.25, 0.3) is 0 Å². The number of unbranched alkanes of at least 4 members (excludes halogenated alkanes) is 3. The number of rotatable bonds is 8. The molecule has 0 rings (SSSR count). The van der Waals surface area contributed by atoms with Gasteiger partial charge >= 0.3 is 0 Å². The first-order valence-electron chi connectivity index (χ1n) is 4.43. The van der Waals surface area contributed by atoms with E-state index in [0.29, 0.717) is 0 Å². The fourth-order valence-electron chi connectivity index (χ4n) is 0.730. The third-order valence-corrected chi connectivity index (χ3v) is 3.53. The quantitative estimate of drug-likeness (QED) is 0.360. The van der Waals surface area contributed by atoms with Gasteiger partial charge in [-0.05, 0) is 17.4 Å². The molecule has 0 aromatic carbocycles. The zero-order valence-electron chi connectivity index (χ0n) is 7.56. The highest BCUT2D eigenvalue weighted by molar-refractivity contribution is 8.76. The summed E-state index contributed by atoms with van der Waals surface area (Å²) < 4.78 is 3.22. The van der Waals surface area contributed by atoms with Crippen molar-refractivity contribution in [1.82, 2.24) is 4.72 Å². The smallest absolute Gasteiger partial charge is 0.00494 e. The van der Waals surface area contributed by atoms with Crippen molar-refractivity contribution in [3.8, 4) is 0 Å². The molecule has 1 N–H and O–H groups in total. The molecule has 11 heavy (non-hydrogen) atoms. The summed E-state index contributed by atoms with van der Waals surface area (Å²) in [6.45, 7) is 5.44. The second-order valence-corrected chi connectivity index (χ2v) is 4.77. The average Bonchev–Trinajstić information content (AvgIpc) is 2.03. The van der Waals surface area contributed by atoms with Crippen LogP contribution in [0, 0.1) is 0 Å². The zero-order chi connectivity index (χ0) is 8.36. The highest BCUT2D eigenvalue weighted by atomic mass is 33.1. The Morgan fingerprint density at radius 1 is 1.09 bits per heavy atom. The van der Waals surface area contributed by atoms with Gasteiger partial charge in [-0.3, -0.25) is 4.72 Å². The molecule has 68 valence electrons. The number of hydrogen-bond acceptors (Lipinski definition) is 3. The molecule has 0 amide bonds. The van der Waals surface area contributed by atoms with Crippen LogP contribution in [0.1, 0.15) is 39.5 Å². The van der Waals surface area contributed by atoms with Gasteiger partial charge in [-0.25, -0.2) is 0 Å². The van der Waals surface area contributed by atoms with Crippen molar-refractivity contribution in [1.29, 1.82) is 0 Å². The Labute approximate surface area is 78.6 Å². The van der Waals surface area contributed by atoms with Gasteiger partial charge in [-0.15, -0.1) is 0 Å². The summed E-state index contributed by atoms with van der Waals surface area (Å²) >= 11 is 0. The molecule has 0 fully saturated rings. The predicted molar refractivity (Wildman–Crippen MR) is 57.9 cm³/mol. The summed E-state index contributed by atoms with van der Waals surface area (Å²) in [5.41, 5.74) is 0. The maximum Gasteiger partial charge on any atom is 0.00494 e. The third kappa shape index (κ3) is 10.7. The highest BCUT2D eigenvalue weighted by Gasteiger charge is 1.89. The minimum absolute atomic E-state index is 1.06. The molecule has 0 heterocycles. The van der Waals surface area contributed by atoms with Crippen molar-refractivity contribution in [3.63, 3.8) is 0 Å². The summed E-state index contributed by atoms with van der Waals surface area (Å²) in [5.74, 6) is 1.29. The normalized spacial score (nSPS) is 10.4. The van der Waals surface area contributed by atoms with Gasteiger partial charge < -0.3 is 0 Å². The molecule has 0 unspecified atom stereocenters. The van der Waals surface area contributed by atoms with E-state index in [4.69, 9.17) is 0 Å². The minimum atomic E-state index is 1.06. The average molecular weight is 193 g/mol. The summed E-state index contributed by atoms with van der Waals surface area (Å²) in [4.78, 5) is 0. The van der Waals surface area contributed by atoms with Crippen LogP contribution >= 0.6 is 21.8 Å². The van der Waals surface area contributed by atoms with E-state index in [2.05, 4.69) is 18.6 Å². The first kappa shape index (κ1) is 11.7. The molecule has 3 heteroatoms. The van der Waals surface area contributed by atoms with Crippen LogP contribution < -0.4 is 4.72 Å². The lowest BCUT2D eigenvalue weighted by atomic mass is 10.2. The Balaban J connectivity index is 2.69. The molecule has 0 bridgehead atoms. The topological polar surface area (TPSA) is 12.0 Å². The molecular weight excluding hydrogens is 174 g/mol. The van der Waals surface area contributed by atoms with Crippen LogP contribution in [0.3, 0.4) is 0 Å². The fourth-order valence-corrected chi connectivity index (χ4v) is 2.54. The highest BCUT2D eigenvalue weighted by Crippen LogP contribution is 2.18. The minimum Gasteiger partial charge on any atom is -0.255 e. The van der Waals surface area contributed by atoms with Crippen LogP contribution in [-0.4, -0.2) is 12.3 Å². The predicted octanol–water partition coefficient (Wildman–Crippen LogP) is 3.47. The van der Waals surface area contributed by atoms with Gasteiger partial charge in [-0.1, -0.05) is 43.9 Å². The fraction of sp³-hybridized carbons (Fsp3) is 1.00. The Kier molecular flexibility index (Phi) is 11.3. The van der Waals surface area contributed by atoms with Gasteiger partial charge in [0, 0.05) is 12.3 Å². The molecule has 1 nitrogen and oxygen atoms in total. The lowest BCUT2D eigenvalue weighted by Crippen LogP contribution is -1.97. The van der Waals surface area contributed by atoms with E-state index >= 15 is 0 Å². The van der Waals surface area contributed by atoms with Gasteiger partial charge in [0.1, 0.15) is 0 Å². The molecular formula is C8H19NS2. The van der Waals surface area contributed by atoms with Gasteiger partial charge in [-0.2, -0.15) is 0 Å². The number of hydrogen-bond donors (Lipinski definition) is 1. The van der Waals surface area contributed by atoms with Crippen LogP contribution in [0.4, 0.5) is 0 Å². The lowest BCUT2D eigenvalue weighted by molar-refractivity contribution is 0.707.